The van der Waals surface area contributed by atoms with E-state index in [4.69, 9.17) is 9.47 Å². The molecule has 0 fully saturated rings. The number of likely N-dealkylation sites (N-methyl/N-ethyl adjacent to an activating group) is 1. The van der Waals surface area contributed by atoms with Gasteiger partial charge in [-0.2, -0.15) is 0 Å². The number of aromatic nitrogens is 1. The van der Waals surface area contributed by atoms with E-state index in [9.17, 15) is 4.79 Å². The molecule has 0 aliphatic carbocycles. The summed E-state index contributed by atoms with van der Waals surface area (Å²) in [4.78, 5) is 14.8. The van der Waals surface area contributed by atoms with Gasteiger partial charge >= 0.3 is 0 Å². The summed E-state index contributed by atoms with van der Waals surface area (Å²) in [5, 5.41) is 3.06. The van der Waals surface area contributed by atoms with Crippen molar-refractivity contribution < 1.29 is 14.3 Å². The van der Waals surface area contributed by atoms with E-state index < -0.39 is 0 Å². The number of aryl methyl sites for hydroxylation is 2. The third-order valence-corrected chi connectivity index (χ3v) is 5.53. The van der Waals surface area contributed by atoms with E-state index in [-0.39, 0.29) is 11.9 Å². The summed E-state index contributed by atoms with van der Waals surface area (Å²) < 4.78 is 12.9. The second-order valence-corrected chi connectivity index (χ2v) is 7.80. The monoisotopic (exact) mass is 421 g/mol. The molecule has 1 heterocycles. The average molecular weight is 422 g/mol. The Hall–Kier alpha value is -3.25. The molecular weight excluding hydrogens is 390 g/mol. The van der Waals surface area contributed by atoms with Crippen LogP contribution in [0.25, 0.3) is 5.69 Å². The van der Waals surface area contributed by atoms with Gasteiger partial charge in [0.1, 0.15) is 0 Å². The van der Waals surface area contributed by atoms with Crippen molar-refractivity contribution in [3.63, 3.8) is 0 Å². The molecule has 6 heteroatoms. The highest BCUT2D eigenvalue weighted by atomic mass is 16.5. The predicted octanol–water partition coefficient (Wildman–Crippen LogP) is 4.14. The zero-order valence-electron chi connectivity index (χ0n) is 19.1. The fourth-order valence-electron chi connectivity index (χ4n) is 3.79. The van der Waals surface area contributed by atoms with Crippen molar-refractivity contribution in [3.8, 4) is 17.2 Å². The van der Waals surface area contributed by atoms with Crippen molar-refractivity contribution >= 4 is 5.91 Å². The van der Waals surface area contributed by atoms with Crippen LogP contribution in [-0.4, -0.2) is 50.2 Å². The van der Waals surface area contributed by atoms with Gasteiger partial charge in [-0.1, -0.05) is 6.07 Å². The molecule has 0 aliphatic heterocycles. The molecule has 164 valence electrons. The molecule has 1 aromatic heterocycles. The van der Waals surface area contributed by atoms with E-state index >= 15 is 0 Å². The number of methoxy groups -OCH3 is 2. The van der Waals surface area contributed by atoms with E-state index in [0.29, 0.717) is 23.6 Å². The molecule has 2 aromatic carbocycles. The Morgan fingerprint density at radius 1 is 0.935 bits per heavy atom. The van der Waals surface area contributed by atoms with Crippen LogP contribution in [0.2, 0.25) is 0 Å². The van der Waals surface area contributed by atoms with Crippen LogP contribution >= 0.6 is 0 Å². The second-order valence-electron chi connectivity index (χ2n) is 7.80. The minimum Gasteiger partial charge on any atom is -0.493 e. The number of hydrogen-bond donors (Lipinski definition) is 1. The van der Waals surface area contributed by atoms with Gasteiger partial charge in [-0.3, -0.25) is 4.79 Å². The SMILES string of the molecule is COc1ccc([C@@H](CNC(=O)c2ccc(-n3c(C)ccc3C)cc2)N(C)C)cc1OC. The fourth-order valence-corrected chi connectivity index (χ4v) is 3.79. The van der Waals surface area contributed by atoms with Crippen LogP contribution in [0.4, 0.5) is 0 Å². The Balaban J connectivity index is 1.72. The highest BCUT2D eigenvalue weighted by molar-refractivity contribution is 5.94. The number of carbonyl (C=O) groups excluding carboxylic acids is 1. The third kappa shape index (κ3) is 4.91. The molecular formula is C25H31N3O3. The van der Waals surface area contributed by atoms with Crippen molar-refractivity contribution in [2.45, 2.75) is 19.9 Å². The third-order valence-electron chi connectivity index (χ3n) is 5.53. The van der Waals surface area contributed by atoms with E-state index in [2.05, 4.69) is 40.8 Å². The number of hydrogen-bond acceptors (Lipinski definition) is 4. The summed E-state index contributed by atoms with van der Waals surface area (Å²) in [6, 6.07) is 17.7. The molecule has 3 rings (SSSR count). The lowest BCUT2D eigenvalue weighted by atomic mass is 10.0. The van der Waals surface area contributed by atoms with Crippen molar-refractivity contribution in [1.29, 1.82) is 0 Å². The maximum absolute atomic E-state index is 12.8. The lowest BCUT2D eigenvalue weighted by Crippen LogP contribution is -2.34. The summed E-state index contributed by atoms with van der Waals surface area (Å²) >= 11 is 0. The molecule has 31 heavy (non-hydrogen) atoms. The Morgan fingerprint density at radius 2 is 1.55 bits per heavy atom. The molecule has 0 aliphatic rings. The maximum atomic E-state index is 12.8. The number of nitrogens with one attached hydrogen (secondary N) is 1. The Kier molecular flexibility index (Phi) is 7.02. The van der Waals surface area contributed by atoms with Gasteiger partial charge in [0.2, 0.25) is 0 Å². The number of rotatable bonds is 8. The van der Waals surface area contributed by atoms with Crippen LogP contribution in [0, 0.1) is 13.8 Å². The molecule has 0 saturated heterocycles. The van der Waals surface area contributed by atoms with Crippen molar-refractivity contribution in [2.24, 2.45) is 0 Å². The van der Waals surface area contributed by atoms with Crippen LogP contribution < -0.4 is 14.8 Å². The van der Waals surface area contributed by atoms with Gasteiger partial charge in [0.15, 0.2) is 11.5 Å². The smallest absolute Gasteiger partial charge is 0.251 e. The highest BCUT2D eigenvalue weighted by Crippen LogP contribution is 2.31. The van der Waals surface area contributed by atoms with E-state index in [1.165, 1.54) is 11.4 Å². The number of ether oxygens (including phenoxy) is 2. The van der Waals surface area contributed by atoms with Gasteiger partial charge in [0, 0.05) is 29.2 Å². The van der Waals surface area contributed by atoms with Crippen LogP contribution in [0.1, 0.15) is 33.4 Å². The summed E-state index contributed by atoms with van der Waals surface area (Å²) in [6.07, 6.45) is 0. The molecule has 1 atom stereocenters. The maximum Gasteiger partial charge on any atom is 0.251 e. The molecule has 0 spiro atoms. The zero-order valence-corrected chi connectivity index (χ0v) is 19.1. The standard InChI is InChI=1S/C25H31N3O3/c1-17-7-8-18(2)28(17)21-12-9-19(10-13-21)25(29)26-16-22(27(3)4)20-11-14-23(30-5)24(15-20)31-6/h7-15,22H,16H2,1-6H3,(H,26,29)/t22-/m1/s1. The lowest BCUT2D eigenvalue weighted by molar-refractivity contribution is 0.0942. The first-order valence-electron chi connectivity index (χ1n) is 10.3. The minimum absolute atomic E-state index is 0.00629. The lowest BCUT2D eigenvalue weighted by Gasteiger charge is -2.26. The van der Waals surface area contributed by atoms with Crippen LogP contribution in [0.5, 0.6) is 11.5 Å². The predicted molar refractivity (Wildman–Crippen MR) is 124 cm³/mol. The van der Waals surface area contributed by atoms with Crippen LogP contribution in [0.15, 0.2) is 54.6 Å². The van der Waals surface area contributed by atoms with Gasteiger partial charge in [-0.15, -0.1) is 0 Å². The molecule has 1 N–H and O–H groups in total. The van der Waals surface area contributed by atoms with E-state index in [1.807, 2.05) is 56.6 Å². The molecule has 0 radical (unpaired) electrons. The summed E-state index contributed by atoms with van der Waals surface area (Å²) in [5.41, 5.74) is 5.05. The van der Waals surface area contributed by atoms with Gasteiger partial charge in [-0.05, 0) is 82.0 Å². The van der Waals surface area contributed by atoms with Crippen LogP contribution in [0.3, 0.4) is 0 Å². The van der Waals surface area contributed by atoms with E-state index in [1.54, 1.807) is 14.2 Å². The highest BCUT2D eigenvalue weighted by Gasteiger charge is 2.18. The normalized spacial score (nSPS) is 12.0. The molecule has 0 saturated carbocycles. The Morgan fingerprint density at radius 3 is 2.10 bits per heavy atom. The number of carbonyl (C=O) groups is 1. The quantitative estimate of drug-likeness (QED) is 0.594. The minimum atomic E-state index is -0.0974. The Bertz CT molecular complexity index is 1020. The van der Waals surface area contributed by atoms with Gasteiger partial charge in [0.25, 0.3) is 5.91 Å². The molecule has 3 aromatic rings. The van der Waals surface area contributed by atoms with Crippen LogP contribution in [-0.2, 0) is 0 Å². The Labute approximate surface area is 184 Å². The van der Waals surface area contributed by atoms with Gasteiger partial charge < -0.3 is 24.3 Å². The first-order valence-corrected chi connectivity index (χ1v) is 10.3. The summed E-state index contributed by atoms with van der Waals surface area (Å²) in [7, 11) is 7.22. The molecule has 1 amide bonds. The fraction of sp³-hybridized carbons (Fsp3) is 0.320. The van der Waals surface area contributed by atoms with Crippen molar-refractivity contribution in [1.82, 2.24) is 14.8 Å². The molecule has 0 unspecified atom stereocenters. The molecule has 0 bridgehead atoms. The van der Waals surface area contributed by atoms with E-state index in [0.717, 1.165) is 11.3 Å². The largest absolute Gasteiger partial charge is 0.493 e. The average Bonchev–Trinajstić information content (AvgIpc) is 3.11. The first kappa shape index (κ1) is 22.4. The second kappa shape index (κ2) is 9.71. The van der Waals surface area contributed by atoms with Crippen molar-refractivity contribution in [2.75, 3.05) is 34.9 Å². The van der Waals surface area contributed by atoms with Gasteiger partial charge in [0.05, 0.1) is 20.3 Å². The van der Waals surface area contributed by atoms with Crippen molar-refractivity contribution in [3.05, 3.63) is 77.1 Å². The number of benzene rings is 2. The topological polar surface area (TPSA) is 55.7 Å². The summed E-state index contributed by atoms with van der Waals surface area (Å²) in [6.45, 7) is 4.62. The van der Waals surface area contributed by atoms with Gasteiger partial charge in [-0.25, -0.2) is 0 Å². The summed E-state index contributed by atoms with van der Waals surface area (Å²) in [5.74, 6) is 1.25. The number of amides is 1. The first-order chi connectivity index (χ1) is 14.8. The molecule has 6 nitrogen and oxygen atoms in total. The number of nitrogens with zero attached hydrogens (tertiary/aromatic N) is 2. The zero-order chi connectivity index (χ0) is 22.5.